The zero-order valence-corrected chi connectivity index (χ0v) is 14.4. The molecule has 28 heavy (non-hydrogen) atoms. The maximum atomic E-state index is 14.5. The van der Waals surface area contributed by atoms with Crippen LogP contribution in [-0.2, 0) is 6.42 Å². The number of pyridine rings is 1. The van der Waals surface area contributed by atoms with Gasteiger partial charge < -0.3 is 10.6 Å². The highest BCUT2D eigenvalue weighted by Crippen LogP contribution is 2.28. The molecule has 1 aliphatic rings. The lowest BCUT2D eigenvalue weighted by atomic mass is 9.94. The number of anilines is 1. The molecule has 3 N–H and O–H groups in total. The van der Waals surface area contributed by atoms with E-state index in [4.69, 9.17) is 5.41 Å². The van der Waals surface area contributed by atoms with Crippen LogP contribution in [0.4, 0.5) is 14.5 Å². The highest BCUT2D eigenvalue weighted by molar-refractivity contribution is 6.03. The third-order valence-electron chi connectivity index (χ3n) is 4.37. The molecule has 0 spiro atoms. The van der Waals surface area contributed by atoms with Crippen LogP contribution in [0.25, 0.3) is 0 Å². The number of hydrogen-bond donors (Lipinski definition) is 3. The Balaban J connectivity index is 1.59. The van der Waals surface area contributed by atoms with Crippen LogP contribution in [0.2, 0.25) is 0 Å². The third kappa shape index (κ3) is 3.41. The molecule has 0 aliphatic carbocycles. The Kier molecular flexibility index (Phi) is 4.48. The van der Waals surface area contributed by atoms with Crippen molar-refractivity contribution in [1.29, 1.82) is 5.41 Å². The minimum atomic E-state index is -0.546. The molecule has 1 aliphatic heterocycles. The molecular formula is C19H14F2N6O. The molecule has 0 unspecified atom stereocenters. The van der Waals surface area contributed by atoms with Gasteiger partial charge in [0.2, 0.25) is 0 Å². The number of nitrogens with zero attached hydrogens (tertiary/aromatic N) is 3. The summed E-state index contributed by atoms with van der Waals surface area (Å²) < 4.78 is 27.4. The van der Waals surface area contributed by atoms with E-state index in [-0.39, 0.29) is 11.5 Å². The molecule has 0 saturated heterocycles. The quantitative estimate of drug-likeness (QED) is 0.648. The monoisotopic (exact) mass is 380 g/mol. The summed E-state index contributed by atoms with van der Waals surface area (Å²) in [4.78, 5) is 24.1. The van der Waals surface area contributed by atoms with Crippen LogP contribution in [0.3, 0.4) is 0 Å². The van der Waals surface area contributed by atoms with Crippen molar-refractivity contribution in [2.24, 2.45) is 0 Å². The van der Waals surface area contributed by atoms with Crippen molar-refractivity contribution < 1.29 is 13.6 Å². The second-order valence-electron chi connectivity index (χ2n) is 6.21. The van der Waals surface area contributed by atoms with Crippen LogP contribution in [0.1, 0.15) is 33.4 Å². The van der Waals surface area contributed by atoms with Gasteiger partial charge in [0.1, 0.15) is 29.5 Å². The third-order valence-corrected chi connectivity index (χ3v) is 4.37. The van der Waals surface area contributed by atoms with E-state index in [2.05, 4.69) is 25.6 Å². The summed E-state index contributed by atoms with van der Waals surface area (Å²) in [6.45, 7) is 0. The topological polar surface area (TPSA) is 104 Å². The highest BCUT2D eigenvalue weighted by Gasteiger charge is 2.26. The van der Waals surface area contributed by atoms with Crippen molar-refractivity contribution in [3.8, 4) is 0 Å². The summed E-state index contributed by atoms with van der Waals surface area (Å²) >= 11 is 0. The first-order chi connectivity index (χ1) is 13.5. The normalized spacial score (nSPS) is 15.5. The Morgan fingerprint density at radius 3 is 2.82 bits per heavy atom. The molecule has 9 heteroatoms. The van der Waals surface area contributed by atoms with Gasteiger partial charge in [-0.25, -0.2) is 23.7 Å². The molecule has 2 aromatic heterocycles. The fourth-order valence-electron chi connectivity index (χ4n) is 3.00. The van der Waals surface area contributed by atoms with E-state index < -0.39 is 23.6 Å². The summed E-state index contributed by atoms with van der Waals surface area (Å²) in [6.07, 6.45) is 4.24. The number of amides is 1. The van der Waals surface area contributed by atoms with Crippen LogP contribution < -0.4 is 10.6 Å². The number of hydrogen-bond acceptors (Lipinski definition) is 5. The molecule has 0 bridgehead atoms. The van der Waals surface area contributed by atoms with Crippen LogP contribution in [-0.4, -0.2) is 26.7 Å². The Hall–Kier alpha value is -3.75. The van der Waals surface area contributed by atoms with Crippen LogP contribution in [0.15, 0.2) is 49.1 Å². The molecule has 140 valence electrons. The van der Waals surface area contributed by atoms with Crippen molar-refractivity contribution in [2.75, 3.05) is 5.32 Å². The average Bonchev–Trinajstić information content (AvgIpc) is 2.70. The van der Waals surface area contributed by atoms with E-state index in [0.29, 0.717) is 28.9 Å². The average molecular weight is 380 g/mol. The Morgan fingerprint density at radius 2 is 2.04 bits per heavy atom. The number of fused-ring (bicyclic) bond motifs is 1. The van der Waals surface area contributed by atoms with Gasteiger partial charge in [-0.05, 0) is 30.3 Å². The smallest absolute Gasteiger partial charge is 0.274 e. The van der Waals surface area contributed by atoms with E-state index in [1.54, 1.807) is 0 Å². The minimum Gasteiger partial charge on any atom is -0.363 e. The second-order valence-corrected chi connectivity index (χ2v) is 6.21. The molecule has 1 atom stereocenters. The summed E-state index contributed by atoms with van der Waals surface area (Å²) in [7, 11) is 0. The van der Waals surface area contributed by atoms with Gasteiger partial charge in [-0.2, -0.15) is 0 Å². The van der Waals surface area contributed by atoms with Gasteiger partial charge in [0.05, 0.1) is 23.5 Å². The molecule has 3 heterocycles. The van der Waals surface area contributed by atoms with E-state index in [1.807, 2.05) is 0 Å². The predicted molar refractivity (Wildman–Crippen MR) is 97.0 cm³/mol. The Morgan fingerprint density at radius 1 is 1.18 bits per heavy atom. The molecule has 0 fully saturated rings. The number of benzene rings is 1. The summed E-state index contributed by atoms with van der Waals surface area (Å²) in [6, 6.07) is 6.03. The van der Waals surface area contributed by atoms with Gasteiger partial charge in [-0.1, -0.05) is 0 Å². The second kappa shape index (κ2) is 7.10. The van der Waals surface area contributed by atoms with Gasteiger partial charge in [0, 0.05) is 23.9 Å². The van der Waals surface area contributed by atoms with Crippen molar-refractivity contribution >= 4 is 17.4 Å². The van der Waals surface area contributed by atoms with Crippen molar-refractivity contribution in [3.63, 3.8) is 0 Å². The van der Waals surface area contributed by atoms with Gasteiger partial charge in [0.25, 0.3) is 5.91 Å². The minimum absolute atomic E-state index is 0.0375. The number of carbonyl (C=O) groups is 1. The fourth-order valence-corrected chi connectivity index (χ4v) is 3.00. The van der Waals surface area contributed by atoms with Gasteiger partial charge in [-0.15, -0.1) is 0 Å². The van der Waals surface area contributed by atoms with Crippen LogP contribution in [0.5, 0.6) is 0 Å². The molecule has 3 aromatic rings. The van der Waals surface area contributed by atoms with E-state index in [0.717, 1.165) is 12.3 Å². The number of halogens is 2. The SMILES string of the molecule is N=C1N[C@H](c2cc(NC(=O)c3ccc(F)cn3)ccc2F)Cc2ncncc21. The zero-order chi connectivity index (χ0) is 19.7. The maximum Gasteiger partial charge on any atom is 0.274 e. The number of carbonyl (C=O) groups excluding carboxylic acids is 1. The van der Waals surface area contributed by atoms with E-state index in [9.17, 15) is 13.6 Å². The highest BCUT2D eigenvalue weighted by atomic mass is 19.1. The van der Waals surface area contributed by atoms with E-state index in [1.165, 1.54) is 36.8 Å². The first kappa shape index (κ1) is 17.7. The van der Waals surface area contributed by atoms with Gasteiger partial charge >= 0.3 is 0 Å². The molecule has 1 amide bonds. The van der Waals surface area contributed by atoms with Crippen LogP contribution >= 0.6 is 0 Å². The standard InChI is InChI=1S/C19H14F2N6O/c20-10-1-4-15(24-7-10)19(28)26-11-2-3-14(21)12(5-11)17-6-16-13(18(22)27-17)8-23-9-25-16/h1-5,7-9,17H,6H2,(H2,22,27)(H,26,28)/t17-/m0/s1. The predicted octanol–water partition coefficient (Wildman–Crippen LogP) is 2.61. The summed E-state index contributed by atoms with van der Waals surface area (Å²) in [5.74, 6) is -1.45. The Labute approximate surface area is 158 Å². The molecular weight excluding hydrogens is 366 g/mol. The van der Waals surface area contributed by atoms with Gasteiger partial charge in [0.15, 0.2) is 0 Å². The van der Waals surface area contributed by atoms with Crippen LogP contribution in [0, 0.1) is 17.0 Å². The van der Waals surface area contributed by atoms with E-state index >= 15 is 0 Å². The zero-order valence-electron chi connectivity index (χ0n) is 14.4. The lowest BCUT2D eigenvalue weighted by Gasteiger charge is -2.27. The molecule has 0 saturated carbocycles. The molecule has 7 nitrogen and oxygen atoms in total. The summed E-state index contributed by atoms with van der Waals surface area (Å²) in [5, 5.41) is 13.7. The number of aromatic nitrogens is 3. The molecule has 4 rings (SSSR count). The lowest BCUT2D eigenvalue weighted by Crippen LogP contribution is -2.36. The largest absolute Gasteiger partial charge is 0.363 e. The number of nitrogens with one attached hydrogen (secondary N) is 3. The molecule has 1 aromatic carbocycles. The first-order valence-electron chi connectivity index (χ1n) is 8.38. The van der Waals surface area contributed by atoms with Crippen molar-refractivity contribution in [1.82, 2.24) is 20.3 Å². The fraction of sp³-hybridized carbons (Fsp3) is 0.105. The lowest BCUT2D eigenvalue weighted by molar-refractivity contribution is 0.102. The summed E-state index contributed by atoms with van der Waals surface area (Å²) in [5.41, 5.74) is 1.91. The molecule has 0 radical (unpaired) electrons. The van der Waals surface area contributed by atoms with Crippen molar-refractivity contribution in [2.45, 2.75) is 12.5 Å². The number of amidine groups is 1. The number of rotatable bonds is 3. The first-order valence-corrected chi connectivity index (χ1v) is 8.38. The van der Waals surface area contributed by atoms with Gasteiger partial charge in [-0.3, -0.25) is 10.2 Å². The Bertz CT molecular complexity index is 1070. The maximum absolute atomic E-state index is 14.5. The van der Waals surface area contributed by atoms with Crippen molar-refractivity contribution in [3.05, 3.63) is 83.2 Å².